The van der Waals surface area contributed by atoms with Crippen LogP contribution in [0.1, 0.15) is 39.9 Å². The molecule has 2 heterocycles. The molecule has 1 saturated carbocycles. The van der Waals surface area contributed by atoms with Gasteiger partial charge in [0.15, 0.2) is 23.4 Å². The second-order valence-electron chi connectivity index (χ2n) is 6.37. The molecule has 1 spiro atoms. The summed E-state index contributed by atoms with van der Waals surface area (Å²) < 4.78 is 70.1. The van der Waals surface area contributed by atoms with Crippen LogP contribution in [0, 0.1) is 5.92 Å². The van der Waals surface area contributed by atoms with Gasteiger partial charge in [0.2, 0.25) is 0 Å². The third-order valence-corrected chi connectivity index (χ3v) is 5.60. The third kappa shape index (κ3) is 1.27. The highest BCUT2D eigenvalue weighted by Gasteiger charge is 2.65. The molecule has 4 aliphatic rings. The second-order valence-corrected chi connectivity index (χ2v) is 6.37. The van der Waals surface area contributed by atoms with Crippen molar-refractivity contribution in [3.8, 4) is 11.5 Å². The number of Topliss-reactive ketones (excluding diaryl/α,β-unsaturated/α-hetero) is 1. The van der Waals surface area contributed by atoms with Gasteiger partial charge in [-0.2, -0.15) is 0 Å². The Morgan fingerprint density at radius 3 is 3.32 bits per heavy atom. The molecule has 0 amide bonds. The Kier molecular flexibility index (Phi) is 1.44. The molecule has 4 nitrogen and oxygen atoms in total. The van der Waals surface area contributed by atoms with E-state index in [9.17, 15) is 6.17 Å². The lowest BCUT2D eigenvalue weighted by Crippen LogP contribution is -2.65. The Hall–Kier alpha value is -1.55. The van der Waals surface area contributed by atoms with Gasteiger partial charge in [0.1, 0.15) is 0 Å². The number of benzene rings is 1. The number of carbonyl (C=O) groups is 1. The highest BCUT2D eigenvalue weighted by molar-refractivity contribution is 5.89. The van der Waals surface area contributed by atoms with Crippen molar-refractivity contribution >= 4 is 5.78 Å². The molecular formula is C18H21NO3. The molecule has 2 fully saturated rings. The number of hydrogen-bond acceptors (Lipinski definition) is 4. The smallest absolute Gasteiger partial charge is 0.174 e. The summed E-state index contributed by atoms with van der Waals surface area (Å²) in [6.07, 6.45) is -4.81. The summed E-state index contributed by atoms with van der Waals surface area (Å²) in [5.74, 6) is -1.27. The molecule has 0 radical (unpaired) electrons. The molecule has 2 bridgehead atoms. The lowest BCUT2D eigenvalue weighted by Gasteiger charge is -2.57. The van der Waals surface area contributed by atoms with Crippen molar-refractivity contribution in [2.24, 2.45) is 5.92 Å². The Labute approximate surface area is 140 Å². The highest BCUT2D eigenvalue weighted by Crippen LogP contribution is 2.62. The van der Waals surface area contributed by atoms with E-state index in [-0.39, 0.29) is 31.6 Å². The highest BCUT2D eigenvalue weighted by atomic mass is 16.5. The monoisotopic (exact) mass is 306 g/mol. The van der Waals surface area contributed by atoms with Crippen LogP contribution in [0.5, 0.6) is 11.5 Å². The van der Waals surface area contributed by atoms with Crippen molar-refractivity contribution in [2.45, 2.75) is 43.1 Å². The zero-order valence-corrected chi connectivity index (χ0v) is 12.2. The fourth-order valence-electron chi connectivity index (χ4n) is 4.69. The molecule has 1 unspecified atom stereocenters. The first-order valence-corrected chi connectivity index (χ1v) is 7.55. The van der Waals surface area contributed by atoms with Crippen LogP contribution in [-0.4, -0.2) is 43.4 Å². The number of likely N-dealkylation sites (tertiary alicyclic amines) is 1. The van der Waals surface area contributed by atoms with E-state index in [1.54, 1.807) is 12.1 Å². The van der Waals surface area contributed by atoms with Crippen LogP contribution in [-0.2, 0) is 16.6 Å². The molecule has 5 rings (SSSR count). The van der Waals surface area contributed by atoms with Crippen molar-refractivity contribution in [2.75, 3.05) is 20.6 Å². The van der Waals surface area contributed by atoms with Crippen LogP contribution in [0.4, 0.5) is 0 Å². The second kappa shape index (κ2) is 4.05. The minimum Gasteiger partial charge on any atom is -0.493 e. The summed E-state index contributed by atoms with van der Waals surface area (Å²) >= 11 is 0. The lowest BCUT2D eigenvalue weighted by molar-refractivity contribution is -0.138. The van der Waals surface area contributed by atoms with E-state index in [4.69, 9.17) is 17.7 Å². The van der Waals surface area contributed by atoms with E-state index >= 15 is 0 Å². The van der Waals surface area contributed by atoms with Crippen LogP contribution in [0.3, 0.4) is 0 Å². The van der Waals surface area contributed by atoms with Crippen LogP contribution in [0.2, 0.25) is 0 Å². The molecule has 116 valence electrons. The van der Waals surface area contributed by atoms with Gasteiger partial charge in [-0.3, -0.25) is 4.79 Å². The molecule has 1 aromatic carbocycles. The van der Waals surface area contributed by atoms with Crippen LogP contribution in [0.15, 0.2) is 12.1 Å². The molecule has 4 heteroatoms. The SMILES string of the molecule is [2H]C1([2H])C[C@H]2[C@@]3([2H])Cc4ccc(OC)c5c4[C@@]2(CCN3C([2H])([2H])[2H])C([2H])(O5)C1=O. The van der Waals surface area contributed by atoms with Crippen molar-refractivity contribution in [1.82, 2.24) is 4.90 Å². The number of rotatable bonds is 1. The van der Waals surface area contributed by atoms with E-state index in [0.29, 0.717) is 16.9 Å². The molecule has 0 N–H and O–H groups in total. The quantitative estimate of drug-likeness (QED) is 0.795. The maximum atomic E-state index is 13.2. The van der Waals surface area contributed by atoms with Crippen molar-refractivity contribution in [3.63, 3.8) is 0 Å². The maximum absolute atomic E-state index is 13.2. The Bertz CT molecular complexity index is 950. The van der Waals surface area contributed by atoms with Gasteiger partial charge < -0.3 is 14.4 Å². The first-order chi connectivity index (χ1) is 13.3. The van der Waals surface area contributed by atoms with Gasteiger partial charge in [-0.1, -0.05) is 6.07 Å². The molecule has 2 aliphatic heterocycles. The molecule has 22 heavy (non-hydrogen) atoms. The van der Waals surface area contributed by atoms with E-state index in [2.05, 4.69) is 0 Å². The Balaban J connectivity index is 1.86. The first kappa shape index (κ1) is 7.82. The predicted molar refractivity (Wildman–Crippen MR) is 81.6 cm³/mol. The topological polar surface area (TPSA) is 38.8 Å². The molecule has 2 aliphatic carbocycles. The van der Waals surface area contributed by atoms with Gasteiger partial charge in [-0.15, -0.1) is 0 Å². The molecule has 0 aromatic heterocycles. The summed E-state index contributed by atoms with van der Waals surface area (Å²) in [4.78, 5) is 14.3. The molecular weight excluding hydrogens is 278 g/mol. The fraction of sp³-hybridized carbons (Fsp3) is 0.611. The van der Waals surface area contributed by atoms with E-state index in [0.717, 1.165) is 4.90 Å². The van der Waals surface area contributed by atoms with E-state index in [1.807, 2.05) is 0 Å². The summed E-state index contributed by atoms with van der Waals surface area (Å²) in [5.41, 5.74) is -0.00412. The number of ketones is 1. The Morgan fingerprint density at radius 1 is 1.59 bits per heavy atom. The van der Waals surface area contributed by atoms with E-state index < -0.39 is 42.6 Å². The van der Waals surface area contributed by atoms with Crippen molar-refractivity contribution < 1.29 is 23.9 Å². The minimum atomic E-state index is -2.55. The fourth-order valence-corrected chi connectivity index (χ4v) is 4.69. The summed E-state index contributed by atoms with van der Waals surface area (Å²) in [7, 11) is 1.45. The number of ether oxygens (including phenoxy) is 2. The number of hydrogen-bond donors (Lipinski definition) is 0. The molecule has 1 saturated heterocycles. The van der Waals surface area contributed by atoms with Gasteiger partial charge in [0.05, 0.1) is 8.48 Å². The van der Waals surface area contributed by atoms with Crippen LogP contribution in [0.25, 0.3) is 0 Å². The average Bonchev–Trinajstić information content (AvgIpc) is 2.86. The van der Waals surface area contributed by atoms with Crippen LogP contribution >= 0.6 is 0 Å². The number of likely N-dealkylation sites (N-methyl/N-ethyl adjacent to an activating group) is 1. The largest absolute Gasteiger partial charge is 0.493 e. The normalized spacial score (nSPS) is 52.7. The standard InChI is InChI=1S/C18H21NO3/c1-19-8-7-18-11-4-5-13(20)17(18)22-16-14(21-2)6-3-10(15(16)18)9-12(11)19/h3,6,11-12,17H,4-5,7-9H2,1-2H3/t11-,12+,17?,18-/m0/s1/i1D3,5D2,12D,17D. The van der Waals surface area contributed by atoms with Gasteiger partial charge in [0, 0.05) is 31.6 Å². The summed E-state index contributed by atoms with van der Waals surface area (Å²) in [5, 5.41) is 0. The van der Waals surface area contributed by atoms with Crippen molar-refractivity contribution in [1.29, 1.82) is 0 Å². The number of nitrogens with zero attached hydrogens (tertiary/aromatic N) is 1. The number of piperidine rings is 1. The molecule has 1 aromatic rings. The van der Waals surface area contributed by atoms with E-state index in [1.165, 1.54) is 7.11 Å². The minimum absolute atomic E-state index is 0.00708. The lowest BCUT2D eigenvalue weighted by atomic mass is 9.52. The average molecular weight is 306 g/mol. The zero-order chi connectivity index (χ0) is 21.2. The maximum Gasteiger partial charge on any atom is 0.174 e. The Morgan fingerprint density at radius 2 is 2.50 bits per heavy atom. The van der Waals surface area contributed by atoms with Crippen LogP contribution < -0.4 is 9.47 Å². The summed E-state index contributed by atoms with van der Waals surface area (Å²) in [6, 6.07) is 1.69. The summed E-state index contributed by atoms with van der Waals surface area (Å²) in [6.45, 7) is -2.55. The molecule has 4 atom stereocenters. The van der Waals surface area contributed by atoms with Gasteiger partial charge >= 0.3 is 0 Å². The number of methoxy groups -OCH3 is 1. The first-order valence-electron chi connectivity index (χ1n) is 11.0. The van der Waals surface area contributed by atoms with Gasteiger partial charge in [-0.05, 0) is 50.3 Å². The predicted octanol–water partition coefficient (Wildman–Crippen LogP) is 1.93. The van der Waals surface area contributed by atoms with Gasteiger partial charge in [0.25, 0.3) is 0 Å². The zero-order valence-electron chi connectivity index (χ0n) is 19.2. The van der Waals surface area contributed by atoms with Crippen molar-refractivity contribution in [3.05, 3.63) is 23.3 Å². The third-order valence-electron chi connectivity index (χ3n) is 5.60. The number of carbonyl (C=O) groups excluding carboxylic acids is 1. The van der Waals surface area contributed by atoms with Gasteiger partial charge in [-0.25, -0.2) is 0 Å².